The maximum Gasteiger partial charge on any atom is 0.262 e. The fourth-order valence-electron chi connectivity index (χ4n) is 3.59. The predicted molar refractivity (Wildman–Crippen MR) is 101 cm³/mol. The third-order valence-corrected chi connectivity index (χ3v) is 5.16. The SMILES string of the molecule is COc1ccc(-n2cc(-c3ccc(Cl)cc3)[n+]3c2CCCCC3)cc1. The van der Waals surface area contributed by atoms with Crippen molar-refractivity contribution in [1.82, 2.24) is 4.57 Å². The molecular weight excluding hydrogens is 332 g/mol. The van der Waals surface area contributed by atoms with E-state index < -0.39 is 0 Å². The van der Waals surface area contributed by atoms with Crippen LogP contribution in [0.2, 0.25) is 5.02 Å². The van der Waals surface area contributed by atoms with E-state index in [9.17, 15) is 0 Å². The van der Waals surface area contributed by atoms with Crippen LogP contribution < -0.4 is 9.30 Å². The van der Waals surface area contributed by atoms with E-state index in [0.717, 1.165) is 23.7 Å². The molecule has 25 heavy (non-hydrogen) atoms. The van der Waals surface area contributed by atoms with Gasteiger partial charge in [-0.15, -0.1) is 0 Å². The maximum absolute atomic E-state index is 6.07. The standard InChI is InChI=1S/C21H22ClN2O/c1-25-19-12-10-18(11-13-19)24-15-20(16-6-8-17(22)9-7-16)23-14-4-2-3-5-21(23)24/h6-13,15H,2-5,14H2,1H3/q+1. The molecule has 0 fully saturated rings. The number of halogens is 1. The second-order valence-corrected chi connectivity index (χ2v) is 6.90. The van der Waals surface area contributed by atoms with Crippen molar-refractivity contribution in [2.75, 3.05) is 7.11 Å². The summed E-state index contributed by atoms with van der Waals surface area (Å²) in [6.45, 7) is 1.07. The van der Waals surface area contributed by atoms with E-state index in [4.69, 9.17) is 16.3 Å². The van der Waals surface area contributed by atoms with Crippen LogP contribution in [0.1, 0.15) is 25.1 Å². The van der Waals surface area contributed by atoms with Crippen LogP contribution in [0.4, 0.5) is 0 Å². The Kier molecular flexibility index (Phi) is 4.50. The lowest BCUT2D eigenvalue weighted by molar-refractivity contribution is -0.692. The molecule has 3 aromatic rings. The number of rotatable bonds is 3. The zero-order chi connectivity index (χ0) is 17.2. The van der Waals surface area contributed by atoms with Crippen molar-refractivity contribution in [2.24, 2.45) is 0 Å². The van der Waals surface area contributed by atoms with Crippen LogP contribution in [-0.2, 0) is 13.0 Å². The molecule has 4 rings (SSSR count). The van der Waals surface area contributed by atoms with E-state index in [-0.39, 0.29) is 0 Å². The topological polar surface area (TPSA) is 18.0 Å². The number of hydrogen-bond acceptors (Lipinski definition) is 1. The third kappa shape index (κ3) is 3.16. The highest BCUT2D eigenvalue weighted by Crippen LogP contribution is 2.25. The number of imidazole rings is 1. The number of fused-ring (bicyclic) bond motifs is 1. The summed E-state index contributed by atoms with van der Waals surface area (Å²) >= 11 is 6.07. The van der Waals surface area contributed by atoms with Gasteiger partial charge in [0.1, 0.15) is 17.6 Å². The minimum Gasteiger partial charge on any atom is -0.497 e. The van der Waals surface area contributed by atoms with Crippen LogP contribution in [0.25, 0.3) is 16.9 Å². The second kappa shape index (κ2) is 6.93. The van der Waals surface area contributed by atoms with E-state index in [1.165, 1.54) is 42.0 Å². The fraction of sp³-hybridized carbons (Fsp3) is 0.286. The first-order chi connectivity index (χ1) is 12.3. The van der Waals surface area contributed by atoms with Crippen molar-refractivity contribution in [1.29, 1.82) is 0 Å². The highest BCUT2D eigenvalue weighted by atomic mass is 35.5. The Morgan fingerprint density at radius 3 is 2.44 bits per heavy atom. The Balaban J connectivity index is 1.85. The predicted octanol–water partition coefficient (Wildman–Crippen LogP) is 4.82. The summed E-state index contributed by atoms with van der Waals surface area (Å²) in [4.78, 5) is 0. The molecule has 1 aromatic heterocycles. The van der Waals surface area contributed by atoms with Crippen molar-refractivity contribution in [3.63, 3.8) is 0 Å². The smallest absolute Gasteiger partial charge is 0.262 e. The Hall–Kier alpha value is -2.26. The Bertz CT molecular complexity index is 866. The van der Waals surface area contributed by atoms with E-state index in [1.807, 2.05) is 24.3 Å². The number of ether oxygens (including phenoxy) is 1. The van der Waals surface area contributed by atoms with Gasteiger partial charge in [0.25, 0.3) is 5.82 Å². The van der Waals surface area contributed by atoms with E-state index in [2.05, 4.69) is 39.6 Å². The van der Waals surface area contributed by atoms with Gasteiger partial charge in [0.2, 0.25) is 0 Å². The molecule has 0 N–H and O–H groups in total. The van der Waals surface area contributed by atoms with Gasteiger partial charge in [-0.25, -0.2) is 4.57 Å². The summed E-state index contributed by atoms with van der Waals surface area (Å²) in [5, 5.41) is 0.773. The maximum atomic E-state index is 6.07. The summed E-state index contributed by atoms with van der Waals surface area (Å²) in [6.07, 6.45) is 7.10. The molecule has 0 atom stereocenters. The highest BCUT2D eigenvalue weighted by molar-refractivity contribution is 6.30. The molecule has 0 bridgehead atoms. The molecular formula is C21H22ClN2O+. The first-order valence-corrected chi connectivity index (χ1v) is 9.18. The molecule has 0 saturated heterocycles. The van der Waals surface area contributed by atoms with Gasteiger partial charge in [-0.2, -0.15) is 4.57 Å². The van der Waals surface area contributed by atoms with Gasteiger partial charge < -0.3 is 4.74 Å². The lowest BCUT2D eigenvalue weighted by Crippen LogP contribution is -2.38. The minimum atomic E-state index is 0.773. The van der Waals surface area contributed by atoms with Crippen molar-refractivity contribution < 1.29 is 9.30 Å². The molecule has 3 nitrogen and oxygen atoms in total. The molecule has 2 heterocycles. The molecule has 128 valence electrons. The minimum absolute atomic E-state index is 0.773. The van der Waals surface area contributed by atoms with Crippen molar-refractivity contribution in [3.8, 4) is 22.7 Å². The van der Waals surface area contributed by atoms with Gasteiger partial charge in [0.15, 0.2) is 5.69 Å². The molecule has 4 heteroatoms. The van der Waals surface area contributed by atoms with Gasteiger partial charge >= 0.3 is 0 Å². The van der Waals surface area contributed by atoms with Crippen molar-refractivity contribution >= 4 is 11.6 Å². The normalized spacial score (nSPS) is 14.0. The fourth-order valence-corrected chi connectivity index (χ4v) is 3.71. The molecule has 0 amide bonds. The van der Waals surface area contributed by atoms with E-state index in [0.29, 0.717) is 0 Å². The van der Waals surface area contributed by atoms with Crippen molar-refractivity contribution in [3.05, 3.63) is 65.6 Å². The summed E-state index contributed by atoms with van der Waals surface area (Å²) in [5.74, 6) is 2.25. The third-order valence-electron chi connectivity index (χ3n) is 4.90. The molecule has 2 aromatic carbocycles. The number of methoxy groups -OCH3 is 1. The summed E-state index contributed by atoms with van der Waals surface area (Å²) in [5.41, 5.74) is 3.64. The molecule has 0 spiro atoms. The second-order valence-electron chi connectivity index (χ2n) is 6.47. The Labute approximate surface area is 153 Å². The highest BCUT2D eigenvalue weighted by Gasteiger charge is 2.26. The van der Waals surface area contributed by atoms with Crippen LogP contribution in [-0.4, -0.2) is 11.7 Å². The molecule has 1 aliphatic heterocycles. The van der Waals surface area contributed by atoms with Crippen LogP contribution >= 0.6 is 11.6 Å². The quantitative estimate of drug-likeness (QED) is 0.617. The van der Waals surface area contributed by atoms with E-state index in [1.54, 1.807) is 7.11 Å². The van der Waals surface area contributed by atoms with Gasteiger partial charge in [-0.05, 0) is 67.8 Å². The number of benzene rings is 2. The molecule has 0 radical (unpaired) electrons. The summed E-state index contributed by atoms with van der Waals surface area (Å²) < 4.78 is 10.1. The van der Waals surface area contributed by atoms with Gasteiger partial charge in [0, 0.05) is 17.0 Å². The molecule has 0 aliphatic carbocycles. The largest absolute Gasteiger partial charge is 0.497 e. The zero-order valence-electron chi connectivity index (χ0n) is 14.4. The van der Waals surface area contributed by atoms with E-state index >= 15 is 0 Å². The number of hydrogen-bond donors (Lipinski definition) is 0. The van der Waals surface area contributed by atoms with Crippen LogP contribution in [0.15, 0.2) is 54.7 Å². The first kappa shape index (κ1) is 16.2. The monoisotopic (exact) mass is 353 g/mol. The number of aromatic nitrogens is 2. The van der Waals surface area contributed by atoms with Gasteiger partial charge in [0.05, 0.1) is 13.7 Å². The zero-order valence-corrected chi connectivity index (χ0v) is 15.2. The van der Waals surface area contributed by atoms with Gasteiger partial charge in [-0.1, -0.05) is 11.6 Å². The average Bonchev–Trinajstić information content (AvgIpc) is 2.84. The number of nitrogens with zero attached hydrogens (tertiary/aromatic N) is 2. The summed E-state index contributed by atoms with van der Waals surface area (Å²) in [6, 6.07) is 16.4. The molecule has 0 unspecified atom stereocenters. The lowest BCUT2D eigenvalue weighted by atomic mass is 10.1. The van der Waals surface area contributed by atoms with Gasteiger partial charge in [-0.3, -0.25) is 0 Å². The summed E-state index contributed by atoms with van der Waals surface area (Å²) in [7, 11) is 1.70. The van der Waals surface area contributed by atoms with Crippen LogP contribution in [0, 0.1) is 0 Å². The van der Waals surface area contributed by atoms with Crippen molar-refractivity contribution in [2.45, 2.75) is 32.2 Å². The Morgan fingerprint density at radius 2 is 1.72 bits per heavy atom. The Morgan fingerprint density at radius 1 is 0.960 bits per heavy atom. The average molecular weight is 354 g/mol. The van der Waals surface area contributed by atoms with Crippen LogP contribution in [0.5, 0.6) is 5.75 Å². The van der Waals surface area contributed by atoms with Crippen LogP contribution in [0.3, 0.4) is 0 Å². The molecule has 1 aliphatic rings. The first-order valence-electron chi connectivity index (χ1n) is 8.81. The molecule has 0 saturated carbocycles. The lowest BCUT2D eigenvalue weighted by Gasteiger charge is -2.04.